The molecule has 1 saturated heterocycles. The summed E-state index contributed by atoms with van der Waals surface area (Å²) in [4.78, 5) is 25.3. The molecule has 0 bridgehead atoms. The maximum Gasteiger partial charge on any atom is 0.251 e. The van der Waals surface area contributed by atoms with Gasteiger partial charge in [-0.2, -0.15) is 0 Å². The van der Waals surface area contributed by atoms with Crippen LogP contribution in [0.25, 0.3) is 0 Å². The fourth-order valence-electron chi connectivity index (χ4n) is 3.73. The monoisotopic (exact) mass is 468 g/mol. The molecule has 6 heteroatoms. The van der Waals surface area contributed by atoms with Crippen molar-refractivity contribution in [3.8, 4) is 0 Å². The molecule has 0 radical (unpaired) electrons. The smallest absolute Gasteiger partial charge is 0.251 e. The van der Waals surface area contributed by atoms with Crippen LogP contribution in [0, 0.1) is 6.92 Å². The summed E-state index contributed by atoms with van der Waals surface area (Å²) in [6.45, 7) is 9.95. The molecule has 2 amide bonds. The normalized spacial score (nSPS) is 16.1. The van der Waals surface area contributed by atoms with E-state index in [0.717, 1.165) is 50.9 Å². The fraction of sp³-hybridized carbons (Fsp3) is 0.500. The van der Waals surface area contributed by atoms with E-state index in [9.17, 15) is 9.59 Å². The first-order chi connectivity index (χ1) is 16.3. The van der Waals surface area contributed by atoms with Gasteiger partial charge in [-0.1, -0.05) is 42.3 Å². The molecular weight excluding hydrogens is 428 g/mol. The minimum absolute atomic E-state index is 0.188. The van der Waals surface area contributed by atoms with Gasteiger partial charge in [-0.3, -0.25) is 9.59 Å². The van der Waals surface area contributed by atoms with Gasteiger partial charge in [-0.15, -0.1) is 0 Å². The molecule has 1 aliphatic heterocycles. The second-order valence-electron chi connectivity index (χ2n) is 8.75. The third-order valence-electron chi connectivity index (χ3n) is 5.90. The van der Waals surface area contributed by atoms with E-state index in [-0.39, 0.29) is 18.1 Å². The highest BCUT2D eigenvalue weighted by atomic mass is 16.7. The number of hydrogen-bond donors (Lipinski definition) is 2. The number of nitrogens with one attached hydrogen (secondary N) is 2. The minimum Gasteiger partial charge on any atom is -0.355 e. The Balaban J connectivity index is 2.21. The average molecular weight is 469 g/mol. The molecule has 0 spiro atoms. The number of allylic oxidation sites excluding steroid dienone is 3. The quantitative estimate of drug-likeness (QED) is 0.284. The number of rotatable bonds is 11. The summed E-state index contributed by atoms with van der Waals surface area (Å²) in [6.07, 6.45) is 7.42. The van der Waals surface area contributed by atoms with E-state index >= 15 is 0 Å². The third-order valence-corrected chi connectivity index (χ3v) is 5.90. The first kappa shape index (κ1) is 27.5. The van der Waals surface area contributed by atoms with Gasteiger partial charge in [0, 0.05) is 31.2 Å². The Bertz CT molecular complexity index is 924. The van der Waals surface area contributed by atoms with Gasteiger partial charge in [0.2, 0.25) is 5.91 Å². The van der Waals surface area contributed by atoms with E-state index in [2.05, 4.69) is 55.7 Å². The lowest BCUT2D eigenvalue weighted by Gasteiger charge is -2.23. The lowest BCUT2D eigenvalue weighted by molar-refractivity contribution is -0.181. The number of aryl methyl sites for hydroxylation is 1. The van der Waals surface area contributed by atoms with Crippen molar-refractivity contribution >= 4 is 11.8 Å². The van der Waals surface area contributed by atoms with Crippen LogP contribution < -0.4 is 10.6 Å². The summed E-state index contributed by atoms with van der Waals surface area (Å²) in [5, 5.41) is 5.63. The highest BCUT2D eigenvalue weighted by Gasteiger charge is 2.15. The summed E-state index contributed by atoms with van der Waals surface area (Å²) in [5.41, 5.74) is 5.65. The van der Waals surface area contributed by atoms with E-state index in [1.54, 1.807) is 20.0 Å². The van der Waals surface area contributed by atoms with E-state index < -0.39 is 0 Å². The Morgan fingerprint density at radius 2 is 1.85 bits per heavy atom. The van der Waals surface area contributed by atoms with Crippen molar-refractivity contribution in [1.29, 1.82) is 0 Å². The van der Waals surface area contributed by atoms with Gasteiger partial charge in [0.1, 0.15) is 0 Å². The Labute approximate surface area is 204 Å². The van der Waals surface area contributed by atoms with Crippen LogP contribution in [0.3, 0.4) is 0 Å². The lowest BCUT2D eigenvalue weighted by Crippen LogP contribution is -2.29. The van der Waals surface area contributed by atoms with Crippen molar-refractivity contribution in [2.24, 2.45) is 0 Å². The molecule has 6 nitrogen and oxygen atoms in total. The van der Waals surface area contributed by atoms with Crippen LogP contribution in [-0.2, 0) is 25.5 Å². The van der Waals surface area contributed by atoms with Crippen LogP contribution in [0.5, 0.6) is 0 Å². The van der Waals surface area contributed by atoms with Gasteiger partial charge in [-0.25, -0.2) is 0 Å². The van der Waals surface area contributed by atoms with Crippen LogP contribution >= 0.6 is 0 Å². The minimum atomic E-state index is -0.207. The first-order valence-electron chi connectivity index (χ1n) is 12.2. The number of likely N-dealkylation sites (N-methyl/N-ethyl adjacent to an activating group) is 1. The highest BCUT2D eigenvalue weighted by Crippen LogP contribution is 2.20. The van der Waals surface area contributed by atoms with Crippen molar-refractivity contribution in [2.75, 3.05) is 26.8 Å². The molecule has 34 heavy (non-hydrogen) atoms. The Hall–Kier alpha value is -2.70. The summed E-state index contributed by atoms with van der Waals surface area (Å²) in [5.74, 6) is -0.402. The van der Waals surface area contributed by atoms with Gasteiger partial charge in [0.15, 0.2) is 6.29 Å². The molecule has 2 rings (SSSR count). The molecule has 186 valence electrons. The summed E-state index contributed by atoms with van der Waals surface area (Å²) in [6, 6.07) is 8.39. The van der Waals surface area contributed by atoms with Crippen molar-refractivity contribution in [1.82, 2.24) is 10.6 Å². The Kier molecular flexibility index (Phi) is 11.8. The largest absolute Gasteiger partial charge is 0.355 e. The molecule has 0 unspecified atom stereocenters. The van der Waals surface area contributed by atoms with Crippen LogP contribution in [-0.4, -0.2) is 44.9 Å². The zero-order valence-electron chi connectivity index (χ0n) is 21.3. The molecule has 1 aromatic rings. The molecule has 0 aromatic heterocycles. The molecule has 0 saturated carbocycles. The zero-order chi connectivity index (χ0) is 24.9. The highest BCUT2D eigenvalue weighted by molar-refractivity contribution is 6.00. The average Bonchev–Trinajstić information content (AvgIpc) is 2.85. The zero-order valence-corrected chi connectivity index (χ0v) is 21.3. The molecule has 0 aliphatic carbocycles. The molecule has 1 aromatic carbocycles. The van der Waals surface area contributed by atoms with Gasteiger partial charge < -0.3 is 20.1 Å². The second-order valence-corrected chi connectivity index (χ2v) is 8.75. The summed E-state index contributed by atoms with van der Waals surface area (Å²) in [7, 11) is 1.59. The van der Waals surface area contributed by atoms with Crippen LogP contribution in [0.4, 0.5) is 0 Å². The molecule has 1 aliphatic rings. The van der Waals surface area contributed by atoms with Crippen molar-refractivity contribution < 1.29 is 19.1 Å². The predicted molar refractivity (Wildman–Crippen MR) is 136 cm³/mol. The number of hydrogen-bond acceptors (Lipinski definition) is 4. The van der Waals surface area contributed by atoms with Crippen LogP contribution in [0.15, 0.2) is 58.7 Å². The first-order valence-corrected chi connectivity index (χ1v) is 12.2. The van der Waals surface area contributed by atoms with Crippen LogP contribution in [0.2, 0.25) is 0 Å². The van der Waals surface area contributed by atoms with Crippen molar-refractivity contribution in [3.63, 3.8) is 0 Å². The lowest BCUT2D eigenvalue weighted by atomic mass is 9.95. The number of carbonyl (C=O) groups is 2. The maximum absolute atomic E-state index is 13.2. The topological polar surface area (TPSA) is 76.7 Å². The molecule has 0 atom stereocenters. The van der Waals surface area contributed by atoms with Crippen LogP contribution in [0.1, 0.15) is 57.6 Å². The van der Waals surface area contributed by atoms with Gasteiger partial charge in [0.05, 0.1) is 13.2 Å². The number of amides is 2. The Morgan fingerprint density at radius 3 is 2.50 bits per heavy atom. The SMILES string of the molecule is CC/C(C)=C(/C=C(\C=C(/C)C(=O)NC)C(=O)NCCCC1OCCCO1)Cc1cccc(C)c1. The molecule has 2 N–H and O–H groups in total. The van der Waals surface area contributed by atoms with E-state index in [1.807, 2.05) is 6.08 Å². The van der Waals surface area contributed by atoms with Crippen molar-refractivity contribution in [2.45, 2.75) is 66.1 Å². The predicted octanol–water partition coefficient (Wildman–Crippen LogP) is 4.54. The van der Waals surface area contributed by atoms with E-state index in [4.69, 9.17) is 9.47 Å². The fourth-order valence-corrected chi connectivity index (χ4v) is 3.73. The number of carbonyl (C=O) groups excluding carboxylic acids is 2. The molecule has 1 fully saturated rings. The molecule has 1 heterocycles. The standard InChI is InChI=1S/C28H40N2O4/c1-6-21(3)24(18-23-11-7-10-20(2)16-23)19-25(17-22(4)27(31)29-5)28(32)30-13-8-12-26-33-14-9-15-34-26/h7,10-11,16-17,19,26H,6,8-9,12-15,18H2,1-5H3,(H,29,31)(H,30,32)/b22-17+,24-21+,25-19+. The third kappa shape index (κ3) is 9.27. The van der Waals surface area contributed by atoms with Gasteiger partial charge in [0.25, 0.3) is 5.91 Å². The number of ether oxygens (including phenoxy) is 2. The van der Waals surface area contributed by atoms with Gasteiger partial charge >= 0.3 is 0 Å². The maximum atomic E-state index is 13.2. The number of benzene rings is 1. The molecular formula is C28H40N2O4. The second kappa shape index (κ2) is 14.5. The van der Waals surface area contributed by atoms with E-state index in [0.29, 0.717) is 17.7 Å². The van der Waals surface area contributed by atoms with Crippen molar-refractivity contribution in [3.05, 3.63) is 69.8 Å². The Morgan fingerprint density at radius 1 is 1.12 bits per heavy atom. The van der Waals surface area contributed by atoms with E-state index in [1.165, 1.54) is 16.7 Å². The summed E-state index contributed by atoms with van der Waals surface area (Å²) < 4.78 is 11.1. The van der Waals surface area contributed by atoms with Gasteiger partial charge in [-0.05, 0) is 69.7 Å². The summed E-state index contributed by atoms with van der Waals surface area (Å²) >= 11 is 0.